The van der Waals surface area contributed by atoms with Gasteiger partial charge in [-0.05, 0) is 24.5 Å². The second-order valence-corrected chi connectivity index (χ2v) is 5.70. The minimum absolute atomic E-state index is 0.141. The van der Waals surface area contributed by atoms with Crippen LogP contribution in [0.4, 0.5) is 4.39 Å². The third kappa shape index (κ3) is 9.28. The van der Waals surface area contributed by atoms with E-state index in [4.69, 9.17) is 9.47 Å². The van der Waals surface area contributed by atoms with Gasteiger partial charge in [0, 0.05) is 19.3 Å². The highest BCUT2D eigenvalue weighted by Gasteiger charge is 2.08. The molecule has 0 atom stereocenters. The number of rotatable bonds is 12. The minimum atomic E-state index is -0.373. The molecule has 0 bridgehead atoms. The first-order valence-corrected chi connectivity index (χ1v) is 8.68. The first-order valence-electron chi connectivity index (χ1n) is 8.68. The lowest BCUT2D eigenvalue weighted by Gasteiger charge is -2.06. The molecule has 134 valence electrons. The monoisotopic (exact) mass is 338 g/mol. The van der Waals surface area contributed by atoms with Crippen molar-refractivity contribution in [3.63, 3.8) is 0 Å². The molecule has 5 heteroatoms. The molecule has 1 aromatic rings. The van der Waals surface area contributed by atoms with Crippen LogP contribution in [0.5, 0.6) is 0 Å². The van der Waals surface area contributed by atoms with Crippen LogP contribution in [-0.4, -0.2) is 25.2 Å². The summed E-state index contributed by atoms with van der Waals surface area (Å²) < 4.78 is 23.5. The molecule has 0 unspecified atom stereocenters. The van der Waals surface area contributed by atoms with Crippen molar-refractivity contribution in [3.05, 3.63) is 35.6 Å². The Bertz CT molecular complexity index is 502. The van der Waals surface area contributed by atoms with E-state index >= 15 is 0 Å². The van der Waals surface area contributed by atoms with Gasteiger partial charge in [-0.1, -0.05) is 44.4 Å². The van der Waals surface area contributed by atoms with Gasteiger partial charge < -0.3 is 9.47 Å². The average molecular weight is 338 g/mol. The Morgan fingerprint density at radius 1 is 0.917 bits per heavy atom. The van der Waals surface area contributed by atoms with Gasteiger partial charge in [0.1, 0.15) is 5.82 Å². The summed E-state index contributed by atoms with van der Waals surface area (Å²) in [5.41, 5.74) is 0.525. The highest BCUT2D eigenvalue weighted by atomic mass is 19.1. The number of hydrogen-bond acceptors (Lipinski definition) is 4. The van der Waals surface area contributed by atoms with Crippen molar-refractivity contribution in [2.45, 2.75) is 58.3 Å². The number of ether oxygens (including phenoxy) is 2. The number of benzene rings is 1. The Balaban J connectivity index is 2.03. The molecule has 0 aromatic heterocycles. The normalized spacial score (nSPS) is 10.4. The Morgan fingerprint density at radius 2 is 1.58 bits per heavy atom. The first kappa shape index (κ1) is 20.1. The van der Waals surface area contributed by atoms with Crippen LogP contribution in [-0.2, 0) is 25.5 Å². The molecule has 0 fully saturated rings. The van der Waals surface area contributed by atoms with Crippen LogP contribution in [0, 0.1) is 5.82 Å². The molecule has 1 aromatic carbocycles. The summed E-state index contributed by atoms with van der Waals surface area (Å²) in [6.45, 7) is 2.72. The first-order chi connectivity index (χ1) is 11.6. The summed E-state index contributed by atoms with van der Waals surface area (Å²) in [6.07, 6.45) is 5.39. The molecule has 0 saturated carbocycles. The van der Waals surface area contributed by atoms with Gasteiger partial charge >= 0.3 is 11.9 Å². The summed E-state index contributed by atoms with van der Waals surface area (Å²) in [5, 5.41) is 0. The highest BCUT2D eigenvalue weighted by Crippen LogP contribution is 2.08. The Labute approximate surface area is 143 Å². The van der Waals surface area contributed by atoms with Crippen molar-refractivity contribution in [1.29, 1.82) is 0 Å². The van der Waals surface area contributed by atoms with E-state index in [1.54, 1.807) is 18.2 Å². The van der Waals surface area contributed by atoms with Gasteiger partial charge in [-0.15, -0.1) is 0 Å². The zero-order chi connectivity index (χ0) is 17.6. The molecule has 1 rings (SSSR count). The number of carbonyl (C=O) groups is 2. The lowest BCUT2D eigenvalue weighted by molar-refractivity contribution is -0.145. The second-order valence-electron chi connectivity index (χ2n) is 5.70. The number of carbonyl (C=O) groups excluding carboxylic acids is 2. The van der Waals surface area contributed by atoms with Gasteiger partial charge in [0.15, 0.2) is 0 Å². The lowest BCUT2D eigenvalue weighted by atomic mass is 10.1. The van der Waals surface area contributed by atoms with Gasteiger partial charge in [-0.2, -0.15) is 0 Å². The lowest BCUT2D eigenvalue weighted by Crippen LogP contribution is -2.10. The van der Waals surface area contributed by atoms with Gasteiger partial charge in [-0.25, -0.2) is 4.39 Å². The predicted molar refractivity (Wildman–Crippen MR) is 90.0 cm³/mol. The zero-order valence-corrected chi connectivity index (χ0v) is 14.4. The predicted octanol–water partition coefficient (Wildman–Crippen LogP) is 4.21. The van der Waals surface area contributed by atoms with Crippen LogP contribution in [0.2, 0.25) is 0 Å². The van der Waals surface area contributed by atoms with Crippen LogP contribution in [0.25, 0.3) is 0 Å². The van der Waals surface area contributed by atoms with Crippen molar-refractivity contribution in [3.8, 4) is 0 Å². The van der Waals surface area contributed by atoms with E-state index in [2.05, 4.69) is 6.92 Å². The van der Waals surface area contributed by atoms with E-state index in [0.29, 0.717) is 25.0 Å². The van der Waals surface area contributed by atoms with E-state index in [1.165, 1.54) is 6.07 Å². The SMILES string of the molecule is CCCCCCOC(=O)CCCC(=O)OCCc1ccccc1F. The molecule has 0 heterocycles. The van der Waals surface area contributed by atoms with Gasteiger partial charge in [0.05, 0.1) is 13.2 Å². The molecule has 4 nitrogen and oxygen atoms in total. The summed E-state index contributed by atoms with van der Waals surface area (Å²) in [7, 11) is 0. The van der Waals surface area contributed by atoms with E-state index in [0.717, 1.165) is 25.7 Å². The van der Waals surface area contributed by atoms with E-state index in [9.17, 15) is 14.0 Å². The van der Waals surface area contributed by atoms with Crippen molar-refractivity contribution >= 4 is 11.9 Å². The third-order valence-corrected chi connectivity index (χ3v) is 3.62. The zero-order valence-electron chi connectivity index (χ0n) is 14.4. The van der Waals surface area contributed by atoms with Gasteiger partial charge in [0.2, 0.25) is 0 Å². The van der Waals surface area contributed by atoms with Crippen molar-refractivity contribution in [2.24, 2.45) is 0 Å². The van der Waals surface area contributed by atoms with E-state index in [-0.39, 0.29) is 37.2 Å². The summed E-state index contributed by atoms with van der Waals surface area (Å²) >= 11 is 0. The Kier molecular flexibility index (Phi) is 10.5. The van der Waals surface area contributed by atoms with Crippen molar-refractivity contribution in [1.82, 2.24) is 0 Å². The molecule has 0 N–H and O–H groups in total. The molecule has 0 radical (unpaired) electrons. The molecule has 0 spiro atoms. The number of esters is 2. The second kappa shape index (κ2) is 12.5. The fraction of sp³-hybridized carbons (Fsp3) is 0.579. The number of hydrogen-bond donors (Lipinski definition) is 0. The molecule has 24 heavy (non-hydrogen) atoms. The maximum Gasteiger partial charge on any atom is 0.305 e. The summed E-state index contributed by atoms with van der Waals surface area (Å²) in [4.78, 5) is 23.0. The molecular weight excluding hydrogens is 311 g/mol. The summed E-state index contributed by atoms with van der Waals surface area (Å²) in [5.74, 6) is -0.942. The largest absolute Gasteiger partial charge is 0.466 e. The van der Waals surface area contributed by atoms with Crippen LogP contribution in [0.1, 0.15) is 57.4 Å². The van der Waals surface area contributed by atoms with Crippen molar-refractivity contribution in [2.75, 3.05) is 13.2 Å². The minimum Gasteiger partial charge on any atom is -0.466 e. The fourth-order valence-electron chi connectivity index (χ4n) is 2.21. The molecule has 0 aliphatic heterocycles. The van der Waals surface area contributed by atoms with Crippen LogP contribution in [0.3, 0.4) is 0 Å². The number of unbranched alkanes of at least 4 members (excludes halogenated alkanes) is 3. The fourth-order valence-corrected chi connectivity index (χ4v) is 2.21. The maximum atomic E-state index is 13.4. The molecule has 0 saturated heterocycles. The number of halogens is 1. The van der Waals surface area contributed by atoms with E-state index in [1.807, 2.05) is 0 Å². The van der Waals surface area contributed by atoms with Gasteiger partial charge in [-0.3, -0.25) is 9.59 Å². The molecule has 0 aliphatic carbocycles. The van der Waals surface area contributed by atoms with Crippen LogP contribution in [0.15, 0.2) is 24.3 Å². The Morgan fingerprint density at radius 3 is 2.25 bits per heavy atom. The van der Waals surface area contributed by atoms with Crippen LogP contribution >= 0.6 is 0 Å². The molecule has 0 amide bonds. The third-order valence-electron chi connectivity index (χ3n) is 3.62. The average Bonchev–Trinajstić information content (AvgIpc) is 2.56. The molecule has 0 aliphatic rings. The van der Waals surface area contributed by atoms with Gasteiger partial charge in [0.25, 0.3) is 0 Å². The Hall–Kier alpha value is -1.91. The topological polar surface area (TPSA) is 52.6 Å². The van der Waals surface area contributed by atoms with E-state index < -0.39 is 0 Å². The molecular formula is C19H27FO4. The standard InChI is InChI=1S/C19H27FO4/c1-2-3-4-7-14-23-18(21)11-8-12-19(22)24-15-13-16-9-5-6-10-17(16)20/h5-6,9-10H,2-4,7-8,11-15H2,1H3. The quantitative estimate of drug-likeness (QED) is 0.423. The highest BCUT2D eigenvalue weighted by molar-refractivity contribution is 5.72. The van der Waals surface area contributed by atoms with Crippen molar-refractivity contribution < 1.29 is 23.5 Å². The van der Waals surface area contributed by atoms with Crippen LogP contribution < -0.4 is 0 Å². The maximum absolute atomic E-state index is 13.4. The summed E-state index contributed by atoms with van der Waals surface area (Å²) in [6, 6.07) is 6.41. The smallest absolute Gasteiger partial charge is 0.305 e.